The van der Waals surface area contributed by atoms with Crippen LogP contribution in [-0.2, 0) is 21.7 Å². The van der Waals surface area contributed by atoms with Crippen LogP contribution in [-0.4, -0.2) is 37.6 Å². The Morgan fingerprint density at radius 3 is 0.988 bits per heavy atom. The lowest BCUT2D eigenvalue weighted by molar-refractivity contribution is 0.358. The molecular weight excluding hydrogens is 1050 g/mol. The number of benzene rings is 10. The second-order valence-corrected chi connectivity index (χ2v) is 26.7. The summed E-state index contributed by atoms with van der Waals surface area (Å²) in [5.74, 6) is 3.16. The van der Waals surface area contributed by atoms with Gasteiger partial charge in [-0.15, -0.1) is 0 Å². The molecule has 10 aromatic carbocycles. The molecular formula is C76H54B2N6O2. The van der Waals surface area contributed by atoms with Gasteiger partial charge in [0, 0.05) is 43.7 Å². The van der Waals surface area contributed by atoms with Gasteiger partial charge >= 0.3 is 13.7 Å². The van der Waals surface area contributed by atoms with Gasteiger partial charge in [-0.05, 0) is 115 Å². The maximum absolute atomic E-state index is 7.76. The minimum absolute atomic E-state index is 0.422. The van der Waals surface area contributed by atoms with Crippen molar-refractivity contribution in [1.29, 1.82) is 0 Å². The van der Waals surface area contributed by atoms with Crippen molar-refractivity contribution in [3.8, 4) is 33.6 Å². The molecule has 2 aliphatic carbocycles. The maximum atomic E-state index is 7.76. The molecule has 4 aliphatic heterocycles. The molecule has 14 aromatic rings. The SMILES string of the molecule is CC(C)(C)c1nc2c(o1)C1(c3ccccc3-c3ccccc31)c1cc(-n3c4ccccc4c4ccccc43)cc3c1B2N1B2c4nc(C(C)(C)C)oc4C4(c5ccccc5-c5ccccc54)c4cc(-n5c6ccccc6c6ccccc65)cc(c42)N31. The Bertz CT molecular complexity index is 4880. The largest absolute Gasteiger partial charge is 0.444 e. The second-order valence-electron chi connectivity index (χ2n) is 26.7. The number of rotatable bonds is 2. The summed E-state index contributed by atoms with van der Waals surface area (Å²) >= 11 is 0. The van der Waals surface area contributed by atoms with E-state index in [1.807, 2.05) is 0 Å². The van der Waals surface area contributed by atoms with E-state index in [4.69, 9.17) is 18.8 Å². The lowest BCUT2D eigenvalue weighted by atomic mass is 9.35. The number of hydrogen-bond donors (Lipinski definition) is 0. The molecule has 0 unspecified atom stereocenters. The number of anilines is 2. The van der Waals surface area contributed by atoms with Gasteiger partial charge in [0.25, 0.3) is 0 Å². The number of fused-ring (bicyclic) bond motifs is 29. The Morgan fingerprint density at radius 2 is 0.663 bits per heavy atom. The van der Waals surface area contributed by atoms with E-state index in [1.54, 1.807) is 0 Å². The zero-order valence-corrected chi connectivity index (χ0v) is 48.4. The average Bonchev–Trinajstić information content (AvgIpc) is 1.47. The van der Waals surface area contributed by atoms with Crippen molar-refractivity contribution >= 4 is 90.8 Å². The first kappa shape index (κ1) is 47.5. The molecule has 10 heteroatoms. The fourth-order valence-electron chi connectivity index (χ4n) is 17.0. The molecule has 0 saturated heterocycles. The number of para-hydroxylation sites is 4. The van der Waals surface area contributed by atoms with Crippen LogP contribution in [0.2, 0.25) is 0 Å². The molecule has 0 fully saturated rings. The second kappa shape index (κ2) is 15.7. The average molecular weight is 1100 g/mol. The minimum atomic E-state index is -0.888. The highest BCUT2D eigenvalue weighted by molar-refractivity contribution is 7.01. The van der Waals surface area contributed by atoms with Crippen LogP contribution in [0.15, 0.2) is 227 Å². The number of hydrazine groups is 1. The monoisotopic (exact) mass is 1100 g/mol. The highest BCUT2D eigenvalue weighted by atomic mass is 16.4. The lowest BCUT2D eigenvalue weighted by Crippen LogP contribution is -2.70. The van der Waals surface area contributed by atoms with Crippen molar-refractivity contribution < 1.29 is 8.83 Å². The molecule has 6 aliphatic rings. The van der Waals surface area contributed by atoms with Gasteiger partial charge in [0.1, 0.15) is 22.4 Å². The lowest BCUT2D eigenvalue weighted by Gasteiger charge is -2.40. The first-order valence-electron chi connectivity index (χ1n) is 30.3. The van der Waals surface area contributed by atoms with E-state index in [2.05, 4.69) is 279 Å². The van der Waals surface area contributed by atoms with Crippen LogP contribution in [0.5, 0.6) is 0 Å². The Morgan fingerprint density at radius 1 is 0.360 bits per heavy atom. The highest BCUT2D eigenvalue weighted by Gasteiger charge is 2.68. The molecule has 0 saturated carbocycles. The Kier molecular flexibility index (Phi) is 8.66. The van der Waals surface area contributed by atoms with E-state index in [1.165, 1.54) is 88.1 Å². The summed E-state index contributed by atoms with van der Waals surface area (Å²) in [5, 5.41) is 7.46. The Balaban J connectivity index is 0.996. The molecule has 20 rings (SSSR count). The summed E-state index contributed by atoms with van der Waals surface area (Å²) in [5.41, 5.74) is 22.6. The molecule has 0 N–H and O–H groups in total. The number of oxazole rings is 2. The summed E-state index contributed by atoms with van der Waals surface area (Å²) in [4.78, 5) is 14.5. The predicted molar refractivity (Wildman–Crippen MR) is 348 cm³/mol. The zero-order chi connectivity index (χ0) is 57.1. The zero-order valence-electron chi connectivity index (χ0n) is 48.4. The van der Waals surface area contributed by atoms with Crippen LogP contribution in [0.4, 0.5) is 11.4 Å². The number of aromatic nitrogens is 4. The normalized spacial score (nSPS) is 15.9. The van der Waals surface area contributed by atoms with E-state index in [0.717, 1.165) is 67.5 Å². The third kappa shape index (κ3) is 5.43. The summed E-state index contributed by atoms with van der Waals surface area (Å²) in [6.07, 6.45) is 0. The van der Waals surface area contributed by atoms with Crippen molar-refractivity contribution in [2.24, 2.45) is 0 Å². The van der Waals surface area contributed by atoms with Gasteiger partial charge < -0.3 is 18.0 Å². The van der Waals surface area contributed by atoms with Gasteiger partial charge in [-0.3, -0.25) is 9.84 Å². The van der Waals surface area contributed by atoms with Crippen LogP contribution in [0, 0.1) is 0 Å². The molecule has 2 spiro atoms. The summed E-state index contributed by atoms with van der Waals surface area (Å²) in [7, 11) is 0. The van der Waals surface area contributed by atoms with Crippen LogP contribution in [0.1, 0.15) is 98.2 Å². The maximum Gasteiger partial charge on any atom is 0.328 e. The smallest absolute Gasteiger partial charge is 0.328 e. The van der Waals surface area contributed by atoms with E-state index in [9.17, 15) is 0 Å². The topological polar surface area (TPSA) is 68.4 Å². The number of hydrogen-bond acceptors (Lipinski definition) is 6. The molecule has 0 atom stereocenters. The van der Waals surface area contributed by atoms with Gasteiger partial charge in [-0.25, -0.2) is 9.97 Å². The summed E-state index contributed by atoms with van der Waals surface area (Å²) in [6.45, 7) is 12.5. The number of nitrogens with zero attached hydrogens (tertiary/aromatic N) is 6. The van der Waals surface area contributed by atoms with Gasteiger partial charge in [0.05, 0.1) is 44.6 Å². The van der Waals surface area contributed by atoms with Gasteiger partial charge in [-0.1, -0.05) is 211 Å². The molecule has 0 bridgehead atoms. The van der Waals surface area contributed by atoms with Crippen molar-refractivity contribution in [3.63, 3.8) is 0 Å². The van der Waals surface area contributed by atoms with Crippen molar-refractivity contribution in [2.75, 3.05) is 5.01 Å². The van der Waals surface area contributed by atoms with Crippen LogP contribution in [0.25, 0.3) is 77.2 Å². The predicted octanol–water partition coefficient (Wildman–Crippen LogP) is 14.4. The van der Waals surface area contributed by atoms with Gasteiger partial charge in [-0.2, -0.15) is 0 Å². The third-order valence-electron chi connectivity index (χ3n) is 20.2. The molecule has 0 amide bonds. The van der Waals surface area contributed by atoms with Crippen LogP contribution >= 0.6 is 0 Å². The molecule has 8 nitrogen and oxygen atoms in total. The Labute approximate surface area is 497 Å². The van der Waals surface area contributed by atoms with Crippen molar-refractivity contribution in [1.82, 2.24) is 23.9 Å². The molecule has 8 heterocycles. The standard InChI is InChI=1S/C76H54B2N6O2/c1-73(2,3)71-79-69-67(85-71)75(53-31-15-7-23-45(53)46-24-8-16-32-54(46)75)57-39-43(81-59-35-19-11-27-49(59)50-28-12-20-36-60(50)81)41-63-65(57)77(69)84-78-66-58(40-44(42-64(66)83(63)84)82-61-37-21-13-29-51(61)52-30-14-22-38-62(52)82)76(68-70(78)80-72(86-68)74(4,5)6)55-33-17-9-25-47(55)48-26-10-18-34-56(48)76/h7-42H,1-6H3. The van der Waals surface area contributed by atoms with E-state index in [-0.39, 0.29) is 0 Å². The van der Waals surface area contributed by atoms with Crippen LogP contribution in [0.3, 0.4) is 0 Å². The van der Waals surface area contributed by atoms with Crippen molar-refractivity contribution in [3.05, 3.63) is 275 Å². The van der Waals surface area contributed by atoms with Gasteiger partial charge in [0.2, 0.25) is 0 Å². The highest BCUT2D eigenvalue weighted by Crippen LogP contribution is 2.62. The van der Waals surface area contributed by atoms with E-state index >= 15 is 0 Å². The van der Waals surface area contributed by atoms with Crippen LogP contribution < -0.4 is 27.1 Å². The molecule has 86 heavy (non-hydrogen) atoms. The third-order valence-corrected chi connectivity index (χ3v) is 20.2. The Hall–Kier alpha value is -9.89. The van der Waals surface area contributed by atoms with Crippen molar-refractivity contribution in [2.45, 2.75) is 63.2 Å². The fraction of sp³-hybridized carbons (Fsp3) is 0.132. The summed E-state index contributed by atoms with van der Waals surface area (Å²) < 4.78 is 20.5. The fourth-order valence-corrected chi connectivity index (χ4v) is 17.0. The first-order valence-corrected chi connectivity index (χ1v) is 30.3. The molecule has 406 valence electrons. The van der Waals surface area contributed by atoms with E-state index in [0.29, 0.717) is 11.8 Å². The first-order chi connectivity index (χ1) is 42.0. The molecule has 4 aromatic heterocycles. The van der Waals surface area contributed by atoms with Gasteiger partial charge in [0.15, 0.2) is 11.8 Å². The quantitative estimate of drug-likeness (QED) is 0.161. The summed E-state index contributed by atoms with van der Waals surface area (Å²) in [6, 6.07) is 81.8. The van der Waals surface area contributed by atoms with E-state index < -0.39 is 35.4 Å². The minimum Gasteiger partial charge on any atom is -0.444 e. The molecule has 0 radical (unpaired) electrons.